The van der Waals surface area contributed by atoms with Gasteiger partial charge in [0.05, 0.1) is 4.92 Å². The van der Waals surface area contributed by atoms with E-state index in [0.717, 1.165) is 5.56 Å². The van der Waals surface area contributed by atoms with Gasteiger partial charge in [0, 0.05) is 32.0 Å². The van der Waals surface area contributed by atoms with E-state index in [2.05, 4.69) is 0 Å². The molecule has 0 radical (unpaired) electrons. The van der Waals surface area contributed by atoms with Crippen molar-refractivity contribution in [3.8, 4) is 0 Å². The van der Waals surface area contributed by atoms with Crippen LogP contribution in [0.25, 0.3) is 0 Å². The summed E-state index contributed by atoms with van der Waals surface area (Å²) in [5.41, 5.74) is 1.61. The average Bonchev–Trinajstić information content (AvgIpc) is 2.30. The molecule has 0 saturated carbocycles. The zero-order valence-electron chi connectivity index (χ0n) is 9.68. The molecule has 0 spiro atoms. The van der Waals surface area contributed by atoms with Gasteiger partial charge in [-0.15, -0.1) is 0 Å². The fourth-order valence-corrected chi connectivity index (χ4v) is 2.04. The molecule has 0 aliphatic carbocycles. The van der Waals surface area contributed by atoms with Crippen LogP contribution in [0.2, 0.25) is 0 Å². The van der Waals surface area contributed by atoms with E-state index in [1.807, 2.05) is 17.9 Å². The predicted molar refractivity (Wildman–Crippen MR) is 64.3 cm³/mol. The van der Waals surface area contributed by atoms with E-state index in [1.165, 1.54) is 0 Å². The zero-order valence-corrected chi connectivity index (χ0v) is 9.68. The Bertz CT molecular complexity index is 461. The minimum absolute atomic E-state index is 0.124. The van der Waals surface area contributed by atoms with Crippen molar-refractivity contribution >= 4 is 17.2 Å². The van der Waals surface area contributed by atoms with Crippen molar-refractivity contribution in [1.29, 1.82) is 0 Å². The normalized spacial score (nSPS) is 16.1. The van der Waals surface area contributed by atoms with Crippen LogP contribution in [0.4, 0.5) is 11.4 Å². The molecule has 0 bridgehead atoms. The van der Waals surface area contributed by atoms with Gasteiger partial charge in [0.15, 0.2) is 0 Å². The Labute approximate surface area is 99.2 Å². The number of benzene rings is 1. The van der Waals surface area contributed by atoms with Crippen LogP contribution in [-0.2, 0) is 4.79 Å². The minimum atomic E-state index is -0.362. The first kappa shape index (κ1) is 11.6. The van der Waals surface area contributed by atoms with E-state index in [0.29, 0.717) is 31.6 Å². The Morgan fingerprint density at radius 1 is 1.29 bits per heavy atom. The standard InChI is InChI=1S/C12H14N2O3/c1-9-2-3-11(12(8-9)14(16)17)13-6-4-10(15)5-7-13/h2-3,8H,4-7H2,1H3. The quantitative estimate of drug-likeness (QED) is 0.580. The van der Waals surface area contributed by atoms with E-state index in [-0.39, 0.29) is 16.4 Å². The highest BCUT2D eigenvalue weighted by molar-refractivity contribution is 5.81. The highest BCUT2D eigenvalue weighted by Gasteiger charge is 2.23. The van der Waals surface area contributed by atoms with E-state index in [1.54, 1.807) is 12.1 Å². The summed E-state index contributed by atoms with van der Waals surface area (Å²) < 4.78 is 0. The van der Waals surface area contributed by atoms with Crippen molar-refractivity contribution in [1.82, 2.24) is 0 Å². The summed E-state index contributed by atoms with van der Waals surface area (Å²) >= 11 is 0. The first-order chi connectivity index (χ1) is 8.08. The fourth-order valence-electron chi connectivity index (χ4n) is 2.04. The van der Waals surface area contributed by atoms with Crippen molar-refractivity contribution in [2.45, 2.75) is 19.8 Å². The van der Waals surface area contributed by atoms with E-state index in [4.69, 9.17) is 0 Å². The maximum absolute atomic E-state index is 11.2. The number of anilines is 1. The number of aryl methyl sites for hydroxylation is 1. The lowest BCUT2D eigenvalue weighted by atomic mass is 10.1. The van der Waals surface area contributed by atoms with Gasteiger partial charge in [-0.3, -0.25) is 14.9 Å². The third kappa shape index (κ3) is 2.43. The van der Waals surface area contributed by atoms with Crippen molar-refractivity contribution < 1.29 is 9.72 Å². The molecule has 1 saturated heterocycles. The number of carbonyl (C=O) groups is 1. The Morgan fingerprint density at radius 3 is 2.53 bits per heavy atom. The van der Waals surface area contributed by atoms with Crippen molar-refractivity contribution in [3.05, 3.63) is 33.9 Å². The van der Waals surface area contributed by atoms with Gasteiger partial charge in [-0.25, -0.2) is 0 Å². The summed E-state index contributed by atoms with van der Waals surface area (Å²) in [4.78, 5) is 23.7. The van der Waals surface area contributed by atoms with Crippen LogP contribution in [0, 0.1) is 17.0 Å². The van der Waals surface area contributed by atoms with Crippen LogP contribution in [0.3, 0.4) is 0 Å². The molecule has 1 fully saturated rings. The number of Topliss-reactive ketones (excluding diaryl/α,β-unsaturated/α-hetero) is 1. The number of carbonyl (C=O) groups excluding carboxylic acids is 1. The van der Waals surface area contributed by atoms with E-state index in [9.17, 15) is 14.9 Å². The summed E-state index contributed by atoms with van der Waals surface area (Å²) in [6, 6.07) is 5.20. The molecule has 0 amide bonds. The smallest absolute Gasteiger partial charge is 0.292 e. The summed E-state index contributed by atoms with van der Waals surface area (Å²) in [6.45, 7) is 2.97. The molecule has 0 N–H and O–H groups in total. The van der Waals surface area contributed by atoms with Gasteiger partial charge in [-0.1, -0.05) is 6.07 Å². The predicted octanol–water partition coefficient (Wildman–Crippen LogP) is 2.07. The molecule has 1 aliphatic heterocycles. The maximum Gasteiger partial charge on any atom is 0.292 e. The van der Waals surface area contributed by atoms with E-state index >= 15 is 0 Å². The fraction of sp³-hybridized carbons (Fsp3) is 0.417. The monoisotopic (exact) mass is 234 g/mol. The molecule has 0 unspecified atom stereocenters. The Morgan fingerprint density at radius 2 is 1.94 bits per heavy atom. The van der Waals surface area contributed by atoms with Crippen LogP contribution in [0.5, 0.6) is 0 Å². The minimum Gasteiger partial charge on any atom is -0.365 e. The highest BCUT2D eigenvalue weighted by Crippen LogP contribution is 2.30. The van der Waals surface area contributed by atoms with Gasteiger partial charge in [-0.05, 0) is 18.6 Å². The third-order valence-electron chi connectivity index (χ3n) is 2.99. The largest absolute Gasteiger partial charge is 0.365 e. The molecule has 5 heteroatoms. The topological polar surface area (TPSA) is 63.5 Å². The number of rotatable bonds is 2. The Hall–Kier alpha value is -1.91. The molecule has 0 atom stereocenters. The lowest BCUT2D eigenvalue weighted by molar-refractivity contribution is -0.384. The molecule has 5 nitrogen and oxygen atoms in total. The molecule has 90 valence electrons. The Balaban J connectivity index is 2.31. The van der Waals surface area contributed by atoms with Gasteiger partial charge >= 0.3 is 0 Å². The molecule has 1 aromatic rings. The van der Waals surface area contributed by atoms with Crippen molar-refractivity contribution in [2.75, 3.05) is 18.0 Å². The average molecular weight is 234 g/mol. The number of piperidine rings is 1. The zero-order chi connectivity index (χ0) is 12.4. The van der Waals surface area contributed by atoms with Crippen LogP contribution in [0.1, 0.15) is 18.4 Å². The van der Waals surface area contributed by atoms with Crippen molar-refractivity contribution in [2.24, 2.45) is 0 Å². The van der Waals surface area contributed by atoms with Gasteiger partial charge in [-0.2, -0.15) is 0 Å². The number of hydrogen-bond donors (Lipinski definition) is 0. The van der Waals surface area contributed by atoms with Crippen LogP contribution < -0.4 is 4.90 Å². The van der Waals surface area contributed by atoms with Gasteiger partial charge in [0.25, 0.3) is 5.69 Å². The lowest BCUT2D eigenvalue weighted by Gasteiger charge is -2.27. The molecular formula is C12H14N2O3. The van der Waals surface area contributed by atoms with Gasteiger partial charge in [0.1, 0.15) is 11.5 Å². The van der Waals surface area contributed by atoms with E-state index < -0.39 is 0 Å². The van der Waals surface area contributed by atoms with Gasteiger partial charge in [0.2, 0.25) is 0 Å². The molecular weight excluding hydrogens is 220 g/mol. The molecule has 2 rings (SSSR count). The first-order valence-corrected chi connectivity index (χ1v) is 5.59. The molecule has 17 heavy (non-hydrogen) atoms. The van der Waals surface area contributed by atoms with Crippen LogP contribution >= 0.6 is 0 Å². The summed E-state index contributed by atoms with van der Waals surface area (Å²) in [5, 5.41) is 11.0. The number of hydrogen-bond acceptors (Lipinski definition) is 4. The van der Waals surface area contributed by atoms with Crippen molar-refractivity contribution in [3.63, 3.8) is 0 Å². The van der Waals surface area contributed by atoms with Crippen LogP contribution in [0.15, 0.2) is 18.2 Å². The number of nitro benzene ring substituents is 1. The molecule has 1 heterocycles. The molecule has 1 aromatic carbocycles. The molecule has 0 aromatic heterocycles. The number of nitro groups is 1. The summed E-state index contributed by atoms with van der Waals surface area (Å²) in [7, 11) is 0. The second kappa shape index (κ2) is 4.53. The Kier molecular flexibility index (Phi) is 3.08. The van der Waals surface area contributed by atoms with Gasteiger partial charge < -0.3 is 4.90 Å². The lowest BCUT2D eigenvalue weighted by Crippen LogP contribution is -2.34. The SMILES string of the molecule is Cc1ccc(N2CCC(=O)CC2)c([N+](=O)[O-])c1. The summed E-state index contributed by atoms with van der Waals surface area (Å²) in [6.07, 6.45) is 0.954. The number of nitrogens with zero attached hydrogens (tertiary/aromatic N) is 2. The third-order valence-corrected chi connectivity index (χ3v) is 2.99. The maximum atomic E-state index is 11.2. The van der Waals surface area contributed by atoms with Crippen LogP contribution in [-0.4, -0.2) is 23.8 Å². The second-order valence-corrected chi connectivity index (χ2v) is 4.28. The molecule has 1 aliphatic rings. The summed E-state index contributed by atoms with van der Waals surface area (Å²) in [5.74, 6) is 0.232. The number of ketones is 1. The first-order valence-electron chi connectivity index (χ1n) is 5.59. The highest BCUT2D eigenvalue weighted by atomic mass is 16.6. The second-order valence-electron chi connectivity index (χ2n) is 4.28.